The highest BCUT2D eigenvalue weighted by molar-refractivity contribution is 7.99. The van der Waals surface area contributed by atoms with Gasteiger partial charge in [-0.25, -0.2) is 0 Å². The van der Waals surface area contributed by atoms with E-state index in [0.29, 0.717) is 11.5 Å². The van der Waals surface area contributed by atoms with E-state index < -0.39 is 6.10 Å². The van der Waals surface area contributed by atoms with Crippen LogP contribution < -0.4 is 14.8 Å². The minimum atomic E-state index is -0.681. The van der Waals surface area contributed by atoms with E-state index >= 15 is 0 Å². The fourth-order valence-electron chi connectivity index (χ4n) is 2.64. The van der Waals surface area contributed by atoms with Crippen LogP contribution in [0.5, 0.6) is 11.5 Å². The number of fused-ring (bicyclic) bond motifs is 1. The summed E-state index contributed by atoms with van der Waals surface area (Å²) >= 11 is 1.60. The van der Waals surface area contributed by atoms with Crippen LogP contribution in [0, 0.1) is 0 Å². The Morgan fingerprint density at radius 2 is 1.58 bits per heavy atom. The zero-order chi connectivity index (χ0) is 17.8. The van der Waals surface area contributed by atoms with Crippen molar-refractivity contribution in [2.75, 3.05) is 11.9 Å². The third kappa shape index (κ3) is 3.68. The standard InChI is InChI=1S/C21H17NO3S/c23-21(19-14-24-17-11-5-6-12-18(17)25-19)22-16-10-4-7-13-20(16)26-15-8-2-1-3-9-15/h1-13,19H,14H2,(H,22,23). The number of benzene rings is 3. The van der Waals surface area contributed by atoms with E-state index in [0.717, 1.165) is 15.5 Å². The number of ether oxygens (including phenoxy) is 2. The Morgan fingerprint density at radius 3 is 2.42 bits per heavy atom. The van der Waals surface area contributed by atoms with Gasteiger partial charge in [-0.15, -0.1) is 0 Å². The van der Waals surface area contributed by atoms with Crippen LogP contribution in [0.4, 0.5) is 5.69 Å². The first-order valence-electron chi connectivity index (χ1n) is 8.31. The van der Waals surface area contributed by atoms with E-state index in [2.05, 4.69) is 5.32 Å². The number of carbonyl (C=O) groups is 1. The molecule has 1 aliphatic heterocycles. The molecule has 1 amide bonds. The number of hydrogen-bond donors (Lipinski definition) is 1. The van der Waals surface area contributed by atoms with Gasteiger partial charge in [-0.2, -0.15) is 0 Å². The average Bonchev–Trinajstić information content (AvgIpc) is 2.70. The summed E-state index contributed by atoms with van der Waals surface area (Å²) < 4.78 is 11.4. The fourth-order valence-corrected chi connectivity index (χ4v) is 3.56. The summed E-state index contributed by atoms with van der Waals surface area (Å²) in [7, 11) is 0. The number of nitrogens with one attached hydrogen (secondary N) is 1. The molecule has 1 N–H and O–H groups in total. The molecule has 0 aliphatic carbocycles. The molecule has 3 aromatic carbocycles. The van der Waals surface area contributed by atoms with Gasteiger partial charge >= 0.3 is 0 Å². The van der Waals surface area contributed by atoms with Crippen LogP contribution in [0.2, 0.25) is 0 Å². The zero-order valence-electron chi connectivity index (χ0n) is 13.9. The molecule has 0 bridgehead atoms. The highest BCUT2D eigenvalue weighted by Gasteiger charge is 2.27. The number of anilines is 1. The Morgan fingerprint density at radius 1 is 0.885 bits per heavy atom. The minimum absolute atomic E-state index is 0.191. The second kappa shape index (κ2) is 7.54. The lowest BCUT2D eigenvalue weighted by molar-refractivity contribution is -0.125. The lowest BCUT2D eigenvalue weighted by Gasteiger charge is -2.25. The molecule has 26 heavy (non-hydrogen) atoms. The Bertz CT molecular complexity index is 914. The molecule has 0 radical (unpaired) electrons. The fraction of sp³-hybridized carbons (Fsp3) is 0.0952. The summed E-state index contributed by atoms with van der Waals surface area (Å²) in [5, 5.41) is 2.97. The van der Waals surface area contributed by atoms with Crippen molar-refractivity contribution in [2.45, 2.75) is 15.9 Å². The van der Waals surface area contributed by atoms with Gasteiger partial charge in [-0.1, -0.05) is 54.2 Å². The predicted octanol–water partition coefficient (Wildman–Crippen LogP) is 4.62. The normalized spacial score (nSPS) is 15.3. The van der Waals surface area contributed by atoms with Gasteiger partial charge in [0.15, 0.2) is 11.5 Å². The molecule has 1 unspecified atom stereocenters. The number of carbonyl (C=O) groups excluding carboxylic acids is 1. The molecule has 1 atom stereocenters. The first-order chi connectivity index (χ1) is 12.8. The smallest absolute Gasteiger partial charge is 0.269 e. The van der Waals surface area contributed by atoms with Crippen molar-refractivity contribution in [3.8, 4) is 11.5 Å². The summed E-state index contributed by atoms with van der Waals surface area (Å²) in [4.78, 5) is 14.7. The van der Waals surface area contributed by atoms with Gasteiger partial charge in [0.05, 0.1) is 5.69 Å². The summed E-state index contributed by atoms with van der Waals surface area (Å²) in [6.07, 6.45) is -0.681. The zero-order valence-corrected chi connectivity index (χ0v) is 14.7. The molecule has 1 heterocycles. The van der Waals surface area contributed by atoms with Crippen LogP contribution >= 0.6 is 11.8 Å². The molecular weight excluding hydrogens is 346 g/mol. The van der Waals surface area contributed by atoms with E-state index in [1.165, 1.54) is 0 Å². The van der Waals surface area contributed by atoms with E-state index in [9.17, 15) is 4.79 Å². The third-order valence-electron chi connectivity index (χ3n) is 3.92. The van der Waals surface area contributed by atoms with Gasteiger partial charge in [0, 0.05) is 9.79 Å². The molecule has 0 aromatic heterocycles. The van der Waals surface area contributed by atoms with Crippen molar-refractivity contribution in [1.82, 2.24) is 0 Å². The van der Waals surface area contributed by atoms with Crippen LogP contribution in [-0.2, 0) is 4.79 Å². The van der Waals surface area contributed by atoms with Crippen LogP contribution in [0.25, 0.3) is 0 Å². The monoisotopic (exact) mass is 363 g/mol. The molecule has 130 valence electrons. The van der Waals surface area contributed by atoms with Crippen molar-refractivity contribution < 1.29 is 14.3 Å². The summed E-state index contributed by atoms with van der Waals surface area (Å²) in [6, 6.07) is 25.1. The van der Waals surface area contributed by atoms with Gasteiger partial charge in [-0.05, 0) is 36.4 Å². The average molecular weight is 363 g/mol. The molecule has 4 nitrogen and oxygen atoms in total. The van der Waals surface area contributed by atoms with E-state index in [1.54, 1.807) is 17.8 Å². The highest BCUT2D eigenvalue weighted by atomic mass is 32.2. The number of hydrogen-bond acceptors (Lipinski definition) is 4. The predicted molar refractivity (Wildman–Crippen MR) is 102 cm³/mol. The summed E-state index contributed by atoms with van der Waals surface area (Å²) in [5.41, 5.74) is 0.758. The number of amides is 1. The van der Waals surface area contributed by atoms with Crippen molar-refractivity contribution in [2.24, 2.45) is 0 Å². The molecule has 4 rings (SSSR count). The molecule has 3 aromatic rings. The van der Waals surface area contributed by atoms with Crippen molar-refractivity contribution in [3.63, 3.8) is 0 Å². The SMILES string of the molecule is O=C(Nc1ccccc1Sc1ccccc1)C1COc2ccccc2O1. The van der Waals surface area contributed by atoms with E-state index in [-0.39, 0.29) is 12.5 Å². The van der Waals surface area contributed by atoms with Gasteiger partial charge in [0.1, 0.15) is 6.61 Å². The first-order valence-corrected chi connectivity index (χ1v) is 9.12. The molecule has 0 saturated heterocycles. The second-order valence-electron chi connectivity index (χ2n) is 5.76. The van der Waals surface area contributed by atoms with E-state index in [1.807, 2.05) is 72.8 Å². The molecule has 0 saturated carbocycles. The Labute approximate surface area is 156 Å². The summed E-state index contributed by atoms with van der Waals surface area (Å²) in [5.74, 6) is 1.03. The summed E-state index contributed by atoms with van der Waals surface area (Å²) in [6.45, 7) is 0.191. The first kappa shape index (κ1) is 16.5. The molecular formula is C21H17NO3S. The maximum Gasteiger partial charge on any atom is 0.269 e. The Kier molecular flexibility index (Phi) is 4.80. The largest absolute Gasteiger partial charge is 0.485 e. The maximum atomic E-state index is 12.7. The quantitative estimate of drug-likeness (QED) is 0.735. The Balaban J connectivity index is 1.48. The van der Waals surface area contributed by atoms with Gasteiger partial charge in [0.2, 0.25) is 6.10 Å². The van der Waals surface area contributed by atoms with Crippen LogP contribution in [0.15, 0.2) is 88.7 Å². The van der Waals surface area contributed by atoms with Crippen LogP contribution in [0.3, 0.4) is 0 Å². The minimum Gasteiger partial charge on any atom is -0.485 e. The highest BCUT2D eigenvalue weighted by Crippen LogP contribution is 2.34. The van der Waals surface area contributed by atoms with Crippen LogP contribution in [-0.4, -0.2) is 18.6 Å². The van der Waals surface area contributed by atoms with Crippen molar-refractivity contribution >= 4 is 23.4 Å². The topological polar surface area (TPSA) is 47.6 Å². The molecule has 5 heteroatoms. The maximum absolute atomic E-state index is 12.7. The molecule has 0 fully saturated rings. The van der Waals surface area contributed by atoms with Gasteiger partial charge < -0.3 is 14.8 Å². The molecule has 1 aliphatic rings. The van der Waals surface area contributed by atoms with Gasteiger partial charge in [-0.3, -0.25) is 4.79 Å². The number of para-hydroxylation sites is 3. The van der Waals surface area contributed by atoms with Crippen molar-refractivity contribution in [1.29, 1.82) is 0 Å². The van der Waals surface area contributed by atoms with Crippen molar-refractivity contribution in [3.05, 3.63) is 78.9 Å². The van der Waals surface area contributed by atoms with Gasteiger partial charge in [0.25, 0.3) is 5.91 Å². The molecule has 0 spiro atoms. The van der Waals surface area contributed by atoms with E-state index in [4.69, 9.17) is 9.47 Å². The number of rotatable bonds is 4. The third-order valence-corrected chi connectivity index (χ3v) is 5.00. The van der Waals surface area contributed by atoms with Crippen LogP contribution in [0.1, 0.15) is 0 Å². The second-order valence-corrected chi connectivity index (χ2v) is 6.88. The lowest BCUT2D eigenvalue weighted by atomic mass is 10.2. The lowest BCUT2D eigenvalue weighted by Crippen LogP contribution is -2.40. The Hall–Kier alpha value is -2.92.